The lowest BCUT2D eigenvalue weighted by molar-refractivity contribution is 1.31. The minimum absolute atomic E-state index is 1.12. The van der Waals surface area contributed by atoms with Crippen molar-refractivity contribution in [2.24, 2.45) is 0 Å². The van der Waals surface area contributed by atoms with Crippen molar-refractivity contribution >= 4 is 93.8 Å². The summed E-state index contributed by atoms with van der Waals surface area (Å²) in [5, 5.41) is 15.6. The van der Waals surface area contributed by atoms with Crippen LogP contribution >= 0.6 is 0 Å². The van der Waals surface area contributed by atoms with Crippen LogP contribution in [-0.2, 0) is 0 Å². The van der Waals surface area contributed by atoms with E-state index < -0.39 is 0 Å². The van der Waals surface area contributed by atoms with E-state index in [0.29, 0.717) is 0 Å². The average molecular weight is 636 g/mol. The number of fused-ring (bicyclic) bond motifs is 6. The molecule has 0 aliphatic carbocycles. The summed E-state index contributed by atoms with van der Waals surface area (Å²) >= 11 is 0. The molecule has 10 aromatic carbocycles. The van der Waals surface area contributed by atoms with Crippen molar-refractivity contribution in [3.05, 3.63) is 187 Å². The predicted octanol–water partition coefficient (Wildman–Crippen LogP) is 14.0. The summed E-state index contributed by atoms with van der Waals surface area (Å²) in [6, 6.07) is 62.4. The Balaban J connectivity index is 1.29. The maximum absolute atomic E-state index is 2.46. The second-order valence-corrected chi connectivity index (χ2v) is 13.4. The molecule has 0 aliphatic heterocycles. The van der Waals surface area contributed by atoms with Crippen LogP contribution in [0.1, 0.15) is 16.7 Å². The molecule has 0 amide bonds. The van der Waals surface area contributed by atoms with Crippen LogP contribution in [0.15, 0.2) is 170 Å². The van der Waals surface area contributed by atoms with Crippen molar-refractivity contribution in [1.82, 2.24) is 0 Å². The van der Waals surface area contributed by atoms with Crippen LogP contribution in [0.5, 0.6) is 0 Å². The molecule has 0 aromatic heterocycles. The summed E-state index contributed by atoms with van der Waals surface area (Å²) in [6.07, 6.45) is 4.38. The molecule has 0 spiro atoms. The maximum Gasteiger partial charge on any atom is 0.0619 e. The van der Waals surface area contributed by atoms with Gasteiger partial charge in [0.1, 0.15) is 0 Å². The van der Waals surface area contributed by atoms with Crippen molar-refractivity contribution < 1.29 is 0 Å². The number of anilines is 3. The Labute approximate surface area is 291 Å². The summed E-state index contributed by atoms with van der Waals surface area (Å²) in [5.74, 6) is 0. The lowest BCUT2D eigenvalue weighted by Crippen LogP contribution is -2.11. The van der Waals surface area contributed by atoms with Gasteiger partial charge < -0.3 is 4.90 Å². The normalized spacial score (nSPS) is 12.0. The van der Waals surface area contributed by atoms with Gasteiger partial charge in [-0.15, -0.1) is 0 Å². The van der Waals surface area contributed by atoms with Gasteiger partial charge in [-0.25, -0.2) is 0 Å². The summed E-state index contributed by atoms with van der Waals surface area (Å²) in [6.45, 7) is 2.12. The Morgan fingerprint density at radius 1 is 0.360 bits per heavy atom. The van der Waals surface area contributed by atoms with E-state index >= 15 is 0 Å². The van der Waals surface area contributed by atoms with E-state index in [-0.39, 0.29) is 0 Å². The Hall–Kier alpha value is -6.44. The molecule has 1 nitrogen and oxygen atoms in total. The third-order valence-corrected chi connectivity index (χ3v) is 10.4. The lowest BCUT2D eigenvalue weighted by atomic mass is 9.84. The minimum atomic E-state index is 1.12. The van der Waals surface area contributed by atoms with Crippen molar-refractivity contribution in [2.45, 2.75) is 6.92 Å². The fourth-order valence-electron chi connectivity index (χ4n) is 8.13. The highest BCUT2D eigenvalue weighted by Crippen LogP contribution is 2.51. The first-order valence-corrected chi connectivity index (χ1v) is 17.4. The van der Waals surface area contributed by atoms with E-state index in [9.17, 15) is 0 Å². The summed E-state index contributed by atoms with van der Waals surface area (Å²) in [4.78, 5) is 2.46. The molecule has 0 bridgehead atoms. The fourth-order valence-corrected chi connectivity index (χ4v) is 8.13. The van der Waals surface area contributed by atoms with Gasteiger partial charge in [0.15, 0.2) is 0 Å². The van der Waals surface area contributed by atoms with E-state index in [1.807, 2.05) is 0 Å². The molecule has 0 saturated carbocycles. The molecule has 0 saturated heterocycles. The topological polar surface area (TPSA) is 3.24 Å². The third-order valence-electron chi connectivity index (χ3n) is 10.4. The summed E-state index contributed by atoms with van der Waals surface area (Å²) < 4.78 is 0. The summed E-state index contributed by atoms with van der Waals surface area (Å²) in [5.41, 5.74) is 7.09. The number of hydrogen-bond donors (Lipinski definition) is 0. The number of benzene rings is 10. The molecule has 1 heteroatoms. The molecular formula is C49H33N. The highest BCUT2D eigenvalue weighted by Gasteiger charge is 2.24. The minimum Gasteiger partial charge on any atom is -0.309 e. The number of rotatable bonds is 5. The smallest absolute Gasteiger partial charge is 0.0619 e. The number of aryl methyl sites for hydroxylation is 1. The van der Waals surface area contributed by atoms with Gasteiger partial charge in [0.2, 0.25) is 0 Å². The molecule has 0 atom stereocenters. The van der Waals surface area contributed by atoms with Crippen molar-refractivity contribution in [3.8, 4) is 0 Å². The van der Waals surface area contributed by atoms with Gasteiger partial charge >= 0.3 is 0 Å². The standard InChI is InChI=1S/C49H33N/c1-32-21-23-33(24-22-32)25-26-34-27-29-38(30-28-34)50(37-13-3-2-4-14-37)49-43-17-8-7-16-42(43)48-46-41(19-10-20-44(46)49)40-18-9-12-36-31-35-11-5-6-15-39(35)47(48)45(36)40/h2-31H,1H3. The fraction of sp³-hybridized carbons (Fsp3) is 0.0204. The molecule has 0 N–H and O–H groups in total. The number of nitrogens with zero attached hydrogens (tertiary/aromatic N) is 1. The molecule has 0 fully saturated rings. The van der Waals surface area contributed by atoms with Gasteiger partial charge in [0.25, 0.3) is 0 Å². The van der Waals surface area contributed by atoms with Crippen LogP contribution in [0, 0.1) is 6.92 Å². The lowest BCUT2D eigenvalue weighted by Gasteiger charge is -2.30. The largest absolute Gasteiger partial charge is 0.309 e. The van der Waals surface area contributed by atoms with Crippen LogP contribution < -0.4 is 4.90 Å². The van der Waals surface area contributed by atoms with Crippen LogP contribution in [0.4, 0.5) is 17.1 Å². The molecule has 10 rings (SSSR count). The van der Waals surface area contributed by atoms with Gasteiger partial charge in [-0.05, 0) is 96.9 Å². The van der Waals surface area contributed by atoms with Crippen LogP contribution in [0.25, 0.3) is 76.8 Å². The zero-order valence-corrected chi connectivity index (χ0v) is 27.8. The first kappa shape index (κ1) is 28.6. The quantitative estimate of drug-likeness (QED) is 0.103. The highest BCUT2D eigenvalue weighted by molar-refractivity contribution is 6.44. The Kier molecular flexibility index (Phi) is 6.47. The van der Waals surface area contributed by atoms with E-state index in [1.54, 1.807) is 0 Å². The van der Waals surface area contributed by atoms with Crippen LogP contribution in [0.2, 0.25) is 0 Å². The second kappa shape index (κ2) is 11.3. The van der Waals surface area contributed by atoms with Crippen LogP contribution in [0.3, 0.4) is 0 Å². The molecule has 0 aliphatic rings. The molecule has 0 unspecified atom stereocenters. The SMILES string of the molecule is Cc1ccc(C=Cc2ccc(N(c3ccccc3)c3c4ccccc4c4c5c3cccc5c3cccc5cc6ccccc6c4c53)cc2)cc1. The molecule has 0 heterocycles. The third kappa shape index (κ3) is 4.41. The predicted molar refractivity (Wildman–Crippen MR) is 217 cm³/mol. The monoisotopic (exact) mass is 635 g/mol. The van der Waals surface area contributed by atoms with Gasteiger partial charge in [0.05, 0.1) is 5.69 Å². The molecule has 50 heavy (non-hydrogen) atoms. The molecule has 10 aromatic rings. The van der Waals surface area contributed by atoms with Gasteiger partial charge in [-0.3, -0.25) is 0 Å². The Morgan fingerprint density at radius 3 is 1.62 bits per heavy atom. The number of para-hydroxylation sites is 1. The van der Waals surface area contributed by atoms with Crippen LogP contribution in [-0.4, -0.2) is 0 Å². The Bertz CT molecular complexity index is 2900. The van der Waals surface area contributed by atoms with E-state index in [0.717, 1.165) is 11.4 Å². The first-order chi connectivity index (χ1) is 24.7. The molecule has 0 radical (unpaired) electrons. The zero-order valence-electron chi connectivity index (χ0n) is 27.8. The summed E-state index contributed by atoms with van der Waals surface area (Å²) in [7, 11) is 0. The van der Waals surface area contributed by atoms with Crippen molar-refractivity contribution in [1.29, 1.82) is 0 Å². The van der Waals surface area contributed by atoms with E-state index in [4.69, 9.17) is 0 Å². The maximum atomic E-state index is 2.46. The average Bonchev–Trinajstić information content (AvgIpc) is 3.17. The second-order valence-electron chi connectivity index (χ2n) is 13.4. The van der Waals surface area contributed by atoms with Crippen molar-refractivity contribution in [3.63, 3.8) is 0 Å². The van der Waals surface area contributed by atoms with Gasteiger partial charge in [-0.1, -0.05) is 157 Å². The van der Waals surface area contributed by atoms with Gasteiger partial charge in [0, 0.05) is 27.5 Å². The number of hydrogen-bond acceptors (Lipinski definition) is 1. The van der Waals surface area contributed by atoms with E-state index in [1.165, 1.54) is 87.0 Å². The van der Waals surface area contributed by atoms with Crippen molar-refractivity contribution in [2.75, 3.05) is 4.90 Å². The van der Waals surface area contributed by atoms with Gasteiger partial charge in [-0.2, -0.15) is 0 Å². The van der Waals surface area contributed by atoms with E-state index in [2.05, 4.69) is 194 Å². The zero-order chi connectivity index (χ0) is 33.2. The molecule has 234 valence electrons. The molecular weight excluding hydrogens is 603 g/mol. The highest BCUT2D eigenvalue weighted by atomic mass is 15.1. The Morgan fingerprint density at radius 2 is 0.860 bits per heavy atom. The first-order valence-electron chi connectivity index (χ1n) is 17.4.